The van der Waals surface area contributed by atoms with Gasteiger partial charge in [-0.25, -0.2) is 0 Å². The monoisotopic (exact) mass is 282 g/mol. The van der Waals surface area contributed by atoms with E-state index >= 15 is 0 Å². The largest absolute Gasteiger partial charge is 0.366 e. The van der Waals surface area contributed by atoms with Gasteiger partial charge in [0.05, 0.1) is 0 Å². The average molecular weight is 283 g/mol. The summed E-state index contributed by atoms with van der Waals surface area (Å²) in [5.74, 6) is 1.79. The van der Waals surface area contributed by atoms with Gasteiger partial charge in [-0.3, -0.25) is 0 Å². The minimum atomic E-state index is 0.292. The van der Waals surface area contributed by atoms with Gasteiger partial charge in [0.2, 0.25) is 0 Å². The average Bonchev–Trinajstić information content (AvgIpc) is 2.75. The number of nitrogens with zero attached hydrogens (tertiary/aromatic N) is 5. The molecule has 1 atom stereocenters. The van der Waals surface area contributed by atoms with Crippen LogP contribution in [0, 0.1) is 5.92 Å². The molecule has 2 rings (SSSR count). The molecule has 2 aromatic rings. The maximum atomic E-state index is 6.01. The van der Waals surface area contributed by atoms with Crippen molar-refractivity contribution in [2.45, 2.75) is 19.9 Å². The van der Waals surface area contributed by atoms with Crippen LogP contribution in [0.5, 0.6) is 0 Å². The van der Waals surface area contributed by atoms with Crippen LogP contribution in [0.2, 0.25) is 5.15 Å². The van der Waals surface area contributed by atoms with Crippen LogP contribution in [0.3, 0.4) is 0 Å². The highest BCUT2D eigenvalue weighted by Crippen LogP contribution is 2.17. The molecule has 104 valence electrons. The first-order valence-corrected chi connectivity index (χ1v) is 6.62. The number of fused-ring (bicyclic) bond motifs is 1. The highest BCUT2D eigenvalue weighted by atomic mass is 35.5. The molecule has 0 amide bonds. The molecule has 0 bridgehead atoms. The van der Waals surface area contributed by atoms with Gasteiger partial charge < -0.3 is 10.2 Å². The molecule has 0 fully saturated rings. The Kier molecular flexibility index (Phi) is 4.21. The summed E-state index contributed by atoms with van der Waals surface area (Å²) in [4.78, 5) is 10.3. The van der Waals surface area contributed by atoms with Crippen molar-refractivity contribution in [3.63, 3.8) is 0 Å². The zero-order valence-corrected chi connectivity index (χ0v) is 12.4. The summed E-state index contributed by atoms with van der Waals surface area (Å²) in [6.07, 6.45) is 1.47. The summed E-state index contributed by atoms with van der Waals surface area (Å²) in [7, 11) is 4.11. The van der Waals surface area contributed by atoms with Crippen molar-refractivity contribution >= 4 is 23.2 Å². The van der Waals surface area contributed by atoms with E-state index in [1.165, 1.54) is 6.33 Å². The van der Waals surface area contributed by atoms with E-state index in [1.54, 1.807) is 10.6 Å². The van der Waals surface area contributed by atoms with E-state index in [2.05, 4.69) is 53.2 Å². The van der Waals surface area contributed by atoms with Crippen molar-refractivity contribution < 1.29 is 0 Å². The lowest BCUT2D eigenvalue weighted by atomic mass is 10.0. The molecule has 1 unspecified atom stereocenters. The Hall–Kier alpha value is -1.40. The predicted octanol–water partition coefficient (Wildman–Crippen LogP) is 1.78. The first kappa shape index (κ1) is 14.0. The Morgan fingerprint density at radius 3 is 2.79 bits per heavy atom. The molecular weight excluding hydrogens is 264 g/mol. The smallest absolute Gasteiger partial charge is 0.255 e. The minimum Gasteiger partial charge on any atom is -0.366 e. The van der Waals surface area contributed by atoms with E-state index in [0.29, 0.717) is 22.9 Å². The van der Waals surface area contributed by atoms with Crippen molar-refractivity contribution in [1.29, 1.82) is 0 Å². The van der Waals surface area contributed by atoms with Crippen LogP contribution in [0.15, 0.2) is 12.4 Å². The lowest BCUT2D eigenvalue weighted by molar-refractivity contribution is 0.344. The molecule has 0 saturated carbocycles. The lowest BCUT2D eigenvalue weighted by Gasteiger charge is -2.26. The molecule has 0 aromatic carbocycles. The van der Waals surface area contributed by atoms with Gasteiger partial charge in [-0.2, -0.15) is 19.6 Å². The zero-order valence-electron chi connectivity index (χ0n) is 11.6. The van der Waals surface area contributed by atoms with E-state index in [4.69, 9.17) is 11.6 Å². The third kappa shape index (κ3) is 3.33. The molecule has 1 N–H and O–H groups in total. The first-order chi connectivity index (χ1) is 8.97. The maximum absolute atomic E-state index is 6.01. The van der Waals surface area contributed by atoms with E-state index in [1.807, 2.05) is 0 Å². The minimum absolute atomic E-state index is 0.292. The quantitative estimate of drug-likeness (QED) is 0.847. The Morgan fingerprint density at radius 2 is 2.16 bits per heavy atom. The number of anilines is 1. The zero-order chi connectivity index (χ0) is 14.0. The van der Waals surface area contributed by atoms with E-state index < -0.39 is 0 Å². The normalized spacial score (nSPS) is 13.4. The van der Waals surface area contributed by atoms with Gasteiger partial charge in [-0.05, 0) is 20.0 Å². The van der Waals surface area contributed by atoms with Crippen LogP contribution in [0.1, 0.15) is 13.8 Å². The number of hydrogen-bond donors (Lipinski definition) is 1. The van der Waals surface area contributed by atoms with Crippen LogP contribution in [-0.4, -0.2) is 51.2 Å². The molecule has 0 saturated heterocycles. The van der Waals surface area contributed by atoms with E-state index in [9.17, 15) is 0 Å². The van der Waals surface area contributed by atoms with Gasteiger partial charge in [-0.15, -0.1) is 0 Å². The number of halogens is 1. The fourth-order valence-electron chi connectivity index (χ4n) is 1.89. The molecule has 7 heteroatoms. The molecule has 19 heavy (non-hydrogen) atoms. The summed E-state index contributed by atoms with van der Waals surface area (Å²) in [5.41, 5.74) is 0. The fraction of sp³-hybridized carbons (Fsp3) is 0.583. The molecule has 0 aliphatic rings. The fourth-order valence-corrected chi connectivity index (χ4v) is 2.07. The second kappa shape index (κ2) is 5.71. The van der Waals surface area contributed by atoms with Gasteiger partial charge in [0.15, 0.2) is 0 Å². The van der Waals surface area contributed by atoms with Crippen molar-refractivity contribution in [2.24, 2.45) is 5.92 Å². The van der Waals surface area contributed by atoms with Gasteiger partial charge in [0, 0.05) is 18.7 Å². The van der Waals surface area contributed by atoms with Gasteiger partial charge in [0.25, 0.3) is 5.78 Å². The Balaban J connectivity index is 2.30. The number of likely N-dealkylation sites (N-methyl/N-ethyl adjacent to an activating group) is 1. The summed E-state index contributed by atoms with van der Waals surface area (Å²) >= 11 is 6.01. The van der Waals surface area contributed by atoms with Crippen molar-refractivity contribution in [2.75, 3.05) is 26.0 Å². The van der Waals surface area contributed by atoms with Crippen LogP contribution in [0.4, 0.5) is 5.82 Å². The van der Waals surface area contributed by atoms with E-state index in [-0.39, 0.29) is 0 Å². The maximum Gasteiger partial charge on any atom is 0.255 e. The second-order valence-corrected chi connectivity index (χ2v) is 5.58. The van der Waals surface area contributed by atoms with Gasteiger partial charge in [-0.1, -0.05) is 25.4 Å². The van der Waals surface area contributed by atoms with Crippen LogP contribution in [-0.2, 0) is 0 Å². The summed E-state index contributed by atoms with van der Waals surface area (Å²) in [6.45, 7) is 5.29. The number of aromatic nitrogens is 4. The van der Waals surface area contributed by atoms with Crippen molar-refractivity contribution in [3.8, 4) is 0 Å². The topological polar surface area (TPSA) is 58.3 Å². The Morgan fingerprint density at radius 1 is 1.42 bits per heavy atom. The molecular formula is C12H19ClN6. The molecule has 6 nitrogen and oxygen atoms in total. The molecule has 2 aromatic heterocycles. The Labute approximate surface area is 117 Å². The highest BCUT2D eigenvalue weighted by Gasteiger charge is 2.16. The number of rotatable bonds is 5. The third-order valence-corrected chi connectivity index (χ3v) is 3.11. The molecule has 0 aliphatic heterocycles. The van der Waals surface area contributed by atoms with Gasteiger partial charge >= 0.3 is 0 Å². The number of hydrogen-bond acceptors (Lipinski definition) is 5. The SMILES string of the molecule is CC(C)C(CN(C)C)Nc1cc(Cl)nc2ncnn12. The van der Waals surface area contributed by atoms with Crippen molar-refractivity contribution in [1.82, 2.24) is 24.5 Å². The van der Waals surface area contributed by atoms with E-state index in [0.717, 1.165) is 12.4 Å². The van der Waals surface area contributed by atoms with Crippen LogP contribution >= 0.6 is 11.6 Å². The van der Waals surface area contributed by atoms with Gasteiger partial charge in [0.1, 0.15) is 17.3 Å². The molecule has 0 radical (unpaired) electrons. The number of nitrogens with one attached hydrogen (secondary N) is 1. The van der Waals surface area contributed by atoms with Crippen molar-refractivity contribution in [3.05, 3.63) is 17.5 Å². The predicted molar refractivity (Wildman–Crippen MR) is 76.6 cm³/mol. The lowest BCUT2D eigenvalue weighted by Crippen LogP contribution is -2.37. The Bertz CT molecular complexity index is 550. The first-order valence-electron chi connectivity index (χ1n) is 6.25. The third-order valence-electron chi connectivity index (χ3n) is 2.92. The standard InChI is InChI=1S/C12H19ClN6/c1-8(2)9(6-18(3)4)16-11-5-10(13)17-12-14-7-15-19(11)12/h5,7-9,16H,6H2,1-4H3. The molecule has 0 spiro atoms. The summed E-state index contributed by atoms with van der Waals surface area (Å²) in [6, 6.07) is 2.06. The summed E-state index contributed by atoms with van der Waals surface area (Å²) < 4.78 is 1.66. The highest BCUT2D eigenvalue weighted by molar-refractivity contribution is 6.29. The van der Waals surface area contributed by atoms with Crippen LogP contribution < -0.4 is 5.32 Å². The molecule has 2 heterocycles. The van der Waals surface area contributed by atoms with Crippen LogP contribution in [0.25, 0.3) is 5.78 Å². The summed E-state index contributed by atoms with van der Waals surface area (Å²) in [5, 5.41) is 8.05. The molecule has 0 aliphatic carbocycles. The second-order valence-electron chi connectivity index (χ2n) is 5.19.